The van der Waals surface area contributed by atoms with Crippen molar-refractivity contribution in [3.8, 4) is 11.5 Å². The van der Waals surface area contributed by atoms with E-state index in [0.717, 1.165) is 5.01 Å². The second-order valence-corrected chi connectivity index (χ2v) is 4.43. The van der Waals surface area contributed by atoms with Crippen LogP contribution in [-0.4, -0.2) is 15.0 Å². The topological polar surface area (TPSA) is 38.7 Å². The fourth-order valence-corrected chi connectivity index (χ4v) is 1.98. The van der Waals surface area contributed by atoms with E-state index in [1.54, 1.807) is 0 Å². The van der Waals surface area contributed by atoms with Crippen molar-refractivity contribution >= 4 is 34.5 Å². The maximum absolute atomic E-state index is 5.75. The Balaban J connectivity index is 2.51. The highest BCUT2D eigenvalue weighted by molar-refractivity contribution is 7.09. The summed E-state index contributed by atoms with van der Waals surface area (Å²) in [4.78, 5) is 12.3. The molecule has 0 spiro atoms. The molecule has 0 aliphatic carbocycles. The van der Waals surface area contributed by atoms with Crippen LogP contribution in [0.25, 0.3) is 11.5 Å². The predicted molar refractivity (Wildman–Crippen MR) is 57.9 cm³/mol. The highest BCUT2D eigenvalue weighted by atomic mass is 35.5. The molecule has 0 aromatic carbocycles. The molecule has 2 aromatic heterocycles. The highest BCUT2D eigenvalue weighted by Gasteiger charge is 2.07. The van der Waals surface area contributed by atoms with Crippen molar-refractivity contribution in [1.82, 2.24) is 15.0 Å². The maximum atomic E-state index is 5.75. The predicted octanol–water partition coefficient (Wildman–Crippen LogP) is 3.22. The minimum absolute atomic E-state index is 0.325. The van der Waals surface area contributed by atoms with Gasteiger partial charge in [0.2, 0.25) is 0 Å². The van der Waals surface area contributed by atoms with E-state index in [9.17, 15) is 0 Å². The summed E-state index contributed by atoms with van der Waals surface area (Å²) in [6.45, 7) is 1.92. The largest absolute Gasteiger partial charge is 0.238 e. The minimum atomic E-state index is 0.325. The molecule has 0 aliphatic heterocycles. The molecule has 2 rings (SSSR count). The van der Waals surface area contributed by atoms with Gasteiger partial charge >= 0.3 is 0 Å². The van der Waals surface area contributed by atoms with Crippen LogP contribution in [0.15, 0.2) is 11.4 Å². The van der Waals surface area contributed by atoms with Crippen LogP contribution in [0, 0.1) is 6.92 Å². The fourth-order valence-electron chi connectivity index (χ4n) is 0.971. The number of rotatable bonds is 1. The van der Waals surface area contributed by atoms with Crippen LogP contribution in [0.2, 0.25) is 10.3 Å². The van der Waals surface area contributed by atoms with Crippen molar-refractivity contribution in [2.45, 2.75) is 6.92 Å². The van der Waals surface area contributed by atoms with Gasteiger partial charge in [-0.05, 0) is 6.92 Å². The van der Waals surface area contributed by atoms with Gasteiger partial charge in [0.1, 0.15) is 16.0 Å². The molecule has 0 radical (unpaired) electrons. The quantitative estimate of drug-likeness (QED) is 0.725. The Morgan fingerprint density at radius 3 is 2.29 bits per heavy atom. The van der Waals surface area contributed by atoms with Crippen molar-refractivity contribution in [1.29, 1.82) is 0 Å². The number of hydrogen-bond donors (Lipinski definition) is 0. The molecule has 0 aliphatic rings. The van der Waals surface area contributed by atoms with Gasteiger partial charge in [0.15, 0.2) is 5.82 Å². The molecule has 6 heteroatoms. The average molecular weight is 246 g/mol. The molecule has 0 fully saturated rings. The van der Waals surface area contributed by atoms with Gasteiger partial charge < -0.3 is 0 Å². The van der Waals surface area contributed by atoms with E-state index in [-0.39, 0.29) is 0 Å². The Morgan fingerprint density at radius 1 is 1.14 bits per heavy atom. The Morgan fingerprint density at radius 2 is 1.79 bits per heavy atom. The number of hydrogen-bond acceptors (Lipinski definition) is 4. The van der Waals surface area contributed by atoms with E-state index in [4.69, 9.17) is 23.2 Å². The monoisotopic (exact) mass is 245 g/mol. The fraction of sp³-hybridized carbons (Fsp3) is 0.125. The summed E-state index contributed by atoms with van der Waals surface area (Å²) in [6, 6.07) is 1.49. The van der Waals surface area contributed by atoms with E-state index >= 15 is 0 Å². The summed E-state index contributed by atoms with van der Waals surface area (Å²) < 4.78 is 0. The Bertz CT molecular complexity index is 449. The molecular weight excluding hydrogens is 241 g/mol. The highest BCUT2D eigenvalue weighted by Crippen LogP contribution is 2.21. The maximum Gasteiger partial charge on any atom is 0.181 e. The van der Waals surface area contributed by atoms with Gasteiger partial charge in [-0.25, -0.2) is 15.0 Å². The smallest absolute Gasteiger partial charge is 0.181 e. The van der Waals surface area contributed by atoms with Crippen LogP contribution in [-0.2, 0) is 0 Å². The third-order valence-electron chi connectivity index (χ3n) is 1.51. The van der Waals surface area contributed by atoms with Crippen LogP contribution in [0.4, 0.5) is 0 Å². The molecule has 2 aromatic rings. The summed E-state index contributed by atoms with van der Waals surface area (Å²) in [7, 11) is 0. The zero-order valence-corrected chi connectivity index (χ0v) is 9.49. The lowest BCUT2D eigenvalue weighted by atomic mass is 10.4. The van der Waals surface area contributed by atoms with E-state index in [1.165, 1.54) is 17.4 Å². The number of aromatic nitrogens is 3. The van der Waals surface area contributed by atoms with Crippen LogP contribution in [0.5, 0.6) is 0 Å². The number of nitrogens with zero attached hydrogens (tertiary/aromatic N) is 3. The zero-order valence-electron chi connectivity index (χ0n) is 7.16. The molecule has 0 saturated heterocycles. The van der Waals surface area contributed by atoms with E-state index in [1.807, 2.05) is 12.3 Å². The first-order chi connectivity index (χ1) is 6.65. The van der Waals surface area contributed by atoms with Gasteiger partial charge in [-0.15, -0.1) is 11.3 Å². The standard InChI is InChI=1S/C8H5Cl2N3S/c1-4-11-5(3-14-4)8-12-6(9)2-7(10)13-8/h2-3H,1H3. The Kier molecular flexibility index (Phi) is 2.67. The first-order valence-electron chi connectivity index (χ1n) is 3.78. The average Bonchev–Trinajstić information content (AvgIpc) is 2.50. The van der Waals surface area contributed by atoms with Crippen LogP contribution < -0.4 is 0 Å². The van der Waals surface area contributed by atoms with E-state index < -0.39 is 0 Å². The van der Waals surface area contributed by atoms with Gasteiger partial charge in [0.05, 0.1) is 5.01 Å². The van der Waals surface area contributed by atoms with Crippen molar-refractivity contribution < 1.29 is 0 Å². The van der Waals surface area contributed by atoms with Gasteiger partial charge in [-0.2, -0.15) is 0 Å². The Hall–Kier alpha value is -0.710. The van der Waals surface area contributed by atoms with Crippen LogP contribution in [0.1, 0.15) is 5.01 Å². The molecule has 0 N–H and O–H groups in total. The second kappa shape index (κ2) is 3.81. The second-order valence-electron chi connectivity index (χ2n) is 2.59. The third-order valence-corrected chi connectivity index (χ3v) is 2.67. The zero-order chi connectivity index (χ0) is 10.1. The number of thiazole rings is 1. The van der Waals surface area contributed by atoms with Gasteiger partial charge in [-0.1, -0.05) is 23.2 Å². The molecule has 0 atom stereocenters. The van der Waals surface area contributed by atoms with Crippen molar-refractivity contribution in [2.24, 2.45) is 0 Å². The Labute approximate surface area is 94.8 Å². The summed E-state index contributed by atoms with van der Waals surface area (Å²) in [5, 5.41) is 3.48. The lowest BCUT2D eigenvalue weighted by Gasteiger charge is -1.96. The summed E-state index contributed by atoms with van der Waals surface area (Å²) in [5.74, 6) is 0.465. The molecule has 0 bridgehead atoms. The molecule has 0 unspecified atom stereocenters. The molecule has 14 heavy (non-hydrogen) atoms. The minimum Gasteiger partial charge on any atom is -0.238 e. The van der Waals surface area contributed by atoms with Crippen LogP contribution >= 0.6 is 34.5 Å². The summed E-state index contributed by atoms with van der Waals surface area (Å²) >= 11 is 13.0. The van der Waals surface area contributed by atoms with Crippen molar-refractivity contribution in [2.75, 3.05) is 0 Å². The molecular formula is C8H5Cl2N3S. The van der Waals surface area contributed by atoms with Gasteiger partial charge in [0, 0.05) is 11.4 Å². The van der Waals surface area contributed by atoms with Crippen LogP contribution in [0.3, 0.4) is 0 Å². The molecule has 0 saturated carbocycles. The normalized spacial score (nSPS) is 10.5. The summed E-state index contributed by atoms with van der Waals surface area (Å²) in [6.07, 6.45) is 0. The lowest BCUT2D eigenvalue weighted by Crippen LogP contribution is -1.90. The van der Waals surface area contributed by atoms with E-state index in [0.29, 0.717) is 21.8 Å². The van der Waals surface area contributed by atoms with Crippen molar-refractivity contribution in [3.05, 3.63) is 26.8 Å². The molecule has 3 nitrogen and oxygen atoms in total. The van der Waals surface area contributed by atoms with E-state index in [2.05, 4.69) is 15.0 Å². The SMILES string of the molecule is Cc1nc(-c2nc(Cl)cc(Cl)n2)cs1. The molecule has 2 heterocycles. The number of aryl methyl sites for hydroxylation is 1. The summed E-state index contributed by atoms with van der Waals surface area (Å²) in [5.41, 5.74) is 0.705. The lowest BCUT2D eigenvalue weighted by molar-refractivity contribution is 1.14. The van der Waals surface area contributed by atoms with Crippen molar-refractivity contribution in [3.63, 3.8) is 0 Å². The molecule has 0 amide bonds. The number of halogens is 2. The molecule has 72 valence electrons. The third kappa shape index (κ3) is 2.03. The van der Waals surface area contributed by atoms with Gasteiger partial charge in [-0.3, -0.25) is 0 Å². The first kappa shape index (κ1) is 9.83. The first-order valence-corrected chi connectivity index (χ1v) is 5.41. The van der Waals surface area contributed by atoms with Gasteiger partial charge in [0.25, 0.3) is 0 Å².